The van der Waals surface area contributed by atoms with Crippen molar-refractivity contribution in [2.24, 2.45) is 0 Å². The molecule has 4 rings (SSSR count). The molecule has 0 unspecified atom stereocenters. The lowest BCUT2D eigenvalue weighted by Gasteiger charge is -2.22. The Morgan fingerprint density at radius 1 is 0.967 bits per heavy atom. The Labute approximate surface area is 178 Å². The molecular weight excluding hydrogens is 401 g/mol. The Bertz CT molecular complexity index is 1070. The minimum Gasteiger partial charge on any atom is -0.349 e. The van der Waals surface area contributed by atoms with E-state index in [0.29, 0.717) is 16.3 Å². The molecule has 0 atom stereocenters. The first kappa shape index (κ1) is 20.3. The number of amides is 1. The van der Waals surface area contributed by atoms with Crippen molar-refractivity contribution in [3.05, 3.63) is 82.4 Å². The highest BCUT2D eigenvalue weighted by molar-refractivity contribution is 7.99. The third-order valence-corrected chi connectivity index (χ3v) is 6.06. The van der Waals surface area contributed by atoms with E-state index in [0.717, 1.165) is 30.6 Å². The average molecular weight is 424 g/mol. The van der Waals surface area contributed by atoms with Crippen LogP contribution in [0.1, 0.15) is 42.5 Å². The second kappa shape index (κ2) is 9.26. The number of hydrogen-bond donors (Lipinski definition) is 1. The summed E-state index contributed by atoms with van der Waals surface area (Å²) in [6.07, 6.45) is 5.61. The molecule has 5 nitrogen and oxygen atoms in total. The zero-order chi connectivity index (χ0) is 20.9. The van der Waals surface area contributed by atoms with E-state index >= 15 is 0 Å². The molecule has 0 spiro atoms. The van der Waals surface area contributed by atoms with Crippen LogP contribution in [0.15, 0.2) is 75.4 Å². The van der Waals surface area contributed by atoms with E-state index < -0.39 is 0 Å². The Balaban J connectivity index is 1.49. The van der Waals surface area contributed by atoms with Gasteiger partial charge in [0.05, 0.1) is 5.69 Å². The second-order valence-electron chi connectivity index (χ2n) is 7.33. The van der Waals surface area contributed by atoms with E-state index in [2.05, 4.69) is 10.4 Å². The number of rotatable bonds is 5. The summed E-state index contributed by atoms with van der Waals surface area (Å²) in [4.78, 5) is 25.6. The van der Waals surface area contributed by atoms with Crippen LogP contribution in [0.5, 0.6) is 0 Å². The molecule has 2 aromatic carbocycles. The van der Waals surface area contributed by atoms with Crippen LogP contribution in [0, 0.1) is 5.82 Å². The average Bonchev–Trinajstić information content (AvgIpc) is 2.77. The minimum atomic E-state index is -0.301. The molecule has 1 aliphatic carbocycles. The van der Waals surface area contributed by atoms with E-state index in [9.17, 15) is 14.0 Å². The van der Waals surface area contributed by atoms with E-state index in [1.165, 1.54) is 41.1 Å². The molecule has 0 radical (unpaired) electrons. The summed E-state index contributed by atoms with van der Waals surface area (Å²) in [5.74, 6) is -0.390. The molecule has 1 saturated carbocycles. The lowest BCUT2D eigenvalue weighted by Crippen LogP contribution is -2.36. The molecule has 1 amide bonds. The van der Waals surface area contributed by atoms with Gasteiger partial charge in [-0.15, -0.1) is 0 Å². The first-order valence-corrected chi connectivity index (χ1v) is 10.9. The van der Waals surface area contributed by atoms with Crippen LogP contribution in [-0.2, 0) is 0 Å². The topological polar surface area (TPSA) is 64.0 Å². The van der Waals surface area contributed by atoms with Crippen LogP contribution in [-0.4, -0.2) is 21.7 Å². The van der Waals surface area contributed by atoms with E-state index in [4.69, 9.17) is 0 Å². The summed E-state index contributed by atoms with van der Waals surface area (Å²) in [7, 11) is 0. The van der Waals surface area contributed by atoms with Crippen molar-refractivity contribution in [1.82, 2.24) is 15.1 Å². The van der Waals surface area contributed by atoms with E-state index in [1.54, 1.807) is 42.5 Å². The molecule has 30 heavy (non-hydrogen) atoms. The minimum absolute atomic E-state index is 0.0885. The van der Waals surface area contributed by atoms with Crippen molar-refractivity contribution in [3.8, 4) is 5.69 Å². The third-order valence-electron chi connectivity index (χ3n) is 5.13. The number of carbonyl (C=O) groups excluding carboxylic acids is 1. The standard InChI is InChI=1S/C23H22FN3O2S/c24-17-8-12-20(13-9-17)30-21-14-15-22(28)27(26-21)19-10-6-16(7-11-19)23(29)25-18-4-2-1-3-5-18/h6-15,18H,1-5H2,(H,25,29). The zero-order valence-corrected chi connectivity index (χ0v) is 17.2. The quantitative estimate of drug-likeness (QED) is 0.652. The third kappa shape index (κ3) is 4.97. The molecule has 154 valence electrons. The van der Waals surface area contributed by atoms with Gasteiger partial charge < -0.3 is 5.32 Å². The molecule has 1 N–H and O–H groups in total. The first-order valence-electron chi connectivity index (χ1n) is 10.0. The monoisotopic (exact) mass is 423 g/mol. The van der Waals surface area contributed by atoms with E-state index in [-0.39, 0.29) is 23.3 Å². The van der Waals surface area contributed by atoms with Gasteiger partial charge in [-0.3, -0.25) is 9.59 Å². The Hall–Kier alpha value is -2.93. The molecule has 1 aliphatic rings. The summed E-state index contributed by atoms with van der Waals surface area (Å²) in [5, 5.41) is 8.11. The molecule has 1 heterocycles. The summed E-state index contributed by atoms with van der Waals surface area (Å²) in [5.41, 5.74) is 0.878. The Kier molecular flexibility index (Phi) is 6.28. The summed E-state index contributed by atoms with van der Waals surface area (Å²) in [6.45, 7) is 0. The number of benzene rings is 2. The molecule has 1 aromatic heterocycles. The van der Waals surface area contributed by atoms with Crippen LogP contribution < -0.4 is 10.9 Å². The van der Waals surface area contributed by atoms with Gasteiger partial charge in [0.25, 0.3) is 11.5 Å². The number of nitrogens with zero attached hydrogens (tertiary/aromatic N) is 2. The molecule has 3 aromatic rings. The van der Waals surface area contributed by atoms with Crippen LogP contribution in [0.4, 0.5) is 4.39 Å². The smallest absolute Gasteiger partial charge is 0.271 e. The van der Waals surface area contributed by atoms with Gasteiger partial charge in [0.15, 0.2) is 0 Å². The van der Waals surface area contributed by atoms with Gasteiger partial charge in [-0.1, -0.05) is 31.0 Å². The Morgan fingerprint density at radius 3 is 2.37 bits per heavy atom. The number of aromatic nitrogens is 2. The predicted octanol–water partition coefficient (Wildman–Crippen LogP) is 4.59. The first-order chi connectivity index (χ1) is 14.6. The van der Waals surface area contributed by atoms with Crippen molar-refractivity contribution in [2.75, 3.05) is 0 Å². The maximum atomic E-state index is 13.1. The highest BCUT2D eigenvalue weighted by Gasteiger charge is 2.16. The molecular formula is C23H22FN3O2S. The highest BCUT2D eigenvalue weighted by Crippen LogP contribution is 2.25. The molecule has 0 saturated heterocycles. The van der Waals surface area contributed by atoms with E-state index in [1.807, 2.05) is 0 Å². The Morgan fingerprint density at radius 2 is 1.67 bits per heavy atom. The zero-order valence-electron chi connectivity index (χ0n) is 16.4. The maximum absolute atomic E-state index is 13.1. The fraction of sp³-hybridized carbons (Fsp3) is 0.261. The van der Waals surface area contributed by atoms with Gasteiger partial charge in [0.2, 0.25) is 0 Å². The maximum Gasteiger partial charge on any atom is 0.271 e. The van der Waals surface area contributed by atoms with Gasteiger partial charge in [0, 0.05) is 22.6 Å². The summed E-state index contributed by atoms with van der Waals surface area (Å²) in [6, 6.07) is 16.3. The molecule has 1 fully saturated rings. The molecule has 7 heteroatoms. The predicted molar refractivity (Wildman–Crippen MR) is 115 cm³/mol. The summed E-state index contributed by atoms with van der Waals surface area (Å²) < 4.78 is 14.4. The van der Waals surface area contributed by atoms with Gasteiger partial charge in [-0.05, 0) is 67.4 Å². The van der Waals surface area contributed by atoms with Gasteiger partial charge in [-0.2, -0.15) is 9.78 Å². The lowest BCUT2D eigenvalue weighted by molar-refractivity contribution is 0.0927. The van der Waals surface area contributed by atoms with Crippen LogP contribution in [0.3, 0.4) is 0 Å². The van der Waals surface area contributed by atoms with Crippen molar-refractivity contribution in [2.45, 2.75) is 48.1 Å². The number of hydrogen-bond acceptors (Lipinski definition) is 4. The van der Waals surface area contributed by atoms with Crippen molar-refractivity contribution >= 4 is 17.7 Å². The number of halogens is 1. The molecule has 0 bridgehead atoms. The van der Waals surface area contributed by atoms with Crippen LogP contribution in [0.25, 0.3) is 5.69 Å². The van der Waals surface area contributed by atoms with Gasteiger partial charge in [0.1, 0.15) is 10.8 Å². The lowest BCUT2D eigenvalue weighted by atomic mass is 9.95. The van der Waals surface area contributed by atoms with Crippen LogP contribution >= 0.6 is 11.8 Å². The summed E-state index contributed by atoms with van der Waals surface area (Å²) >= 11 is 1.34. The second-order valence-corrected chi connectivity index (χ2v) is 8.43. The largest absolute Gasteiger partial charge is 0.349 e. The van der Waals surface area contributed by atoms with Crippen molar-refractivity contribution < 1.29 is 9.18 Å². The van der Waals surface area contributed by atoms with Crippen molar-refractivity contribution in [1.29, 1.82) is 0 Å². The number of nitrogens with one attached hydrogen (secondary N) is 1. The van der Waals surface area contributed by atoms with Gasteiger partial charge in [-0.25, -0.2) is 4.39 Å². The fourth-order valence-corrected chi connectivity index (χ4v) is 4.30. The fourth-order valence-electron chi connectivity index (χ4n) is 3.53. The van der Waals surface area contributed by atoms with Crippen molar-refractivity contribution in [3.63, 3.8) is 0 Å². The normalized spacial score (nSPS) is 14.4. The van der Waals surface area contributed by atoms with Gasteiger partial charge >= 0.3 is 0 Å². The van der Waals surface area contributed by atoms with Crippen LogP contribution in [0.2, 0.25) is 0 Å². The highest BCUT2D eigenvalue weighted by atomic mass is 32.2. The SMILES string of the molecule is O=C(NC1CCCCC1)c1ccc(-n2nc(Sc3ccc(F)cc3)ccc2=O)cc1. The number of carbonyl (C=O) groups is 1. The molecule has 0 aliphatic heterocycles.